The number of benzene rings is 3. The highest BCUT2D eigenvalue weighted by Crippen LogP contribution is 2.22. The minimum atomic E-state index is 0.0674. The van der Waals surface area contributed by atoms with Crippen LogP contribution in [0.25, 0.3) is 22.1 Å². The van der Waals surface area contributed by atoms with E-state index < -0.39 is 0 Å². The second-order valence-electron chi connectivity index (χ2n) is 7.76. The molecule has 0 atom stereocenters. The maximum Gasteiger partial charge on any atom is 0.122 e. The number of aromatic amines is 1. The average Bonchev–Trinajstić information content (AvgIpc) is 3.34. The van der Waals surface area contributed by atoms with Gasteiger partial charge in [-0.1, -0.05) is 42.5 Å². The van der Waals surface area contributed by atoms with Crippen LogP contribution >= 0.6 is 0 Å². The summed E-state index contributed by atoms with van der Waals surface area (Å²) in [5.74, 6) is 1.92. The fourth-order valence-electron chi connectivity index (χ4n) is 4.05. The van der Waals surface area contributed by atoms with Crippen LogP contribution in [0.4, 0.5) is 0 Å². The zero-order valence-corrected chi connectivity index (χ0v) is 17.2. The first-order chi connectivity index (χ1) is 15.2. The Morgan fingerprint density at radius 3 is 2.55 bits per heavy atom. The molecule has 0 aliphatic heterocycles. The van der Waals surface area contributed by atoms with E-state index >= 15 is 0 Å². The lowest BCUT2D eigenvalue weighted by Crippen LogP contribution is -2.11. The van der Waals surface area contributed by atoms with Crippen LogP contribution in [-0.2, 0) is 19.4 Å². The van der Waals surface area contributed by atoms with Gasteiger partial charge >= 0.3 is 0 Å². The van der Waals surface area contributed by atoms with Crippen molar-refractivity contribution in [3.63, 3.8) is 0 Å². The van der Waals surface area contributed by atoms with E-state index in [9.17, 15) is 0 Å². The molecule has 2 heterocycles. The zero-order chi connectivity index (χ0) is 21.2. The number of aryl methyl sites for hydroxylation is 2. The Morgan fingerprint density at radius 1 is 0.935 bits per heavy atom. The van der Waals surface area contributed by atoms with E-state index in [2.05, 4.69) is 33.8 Å². The van der Waals surface area contributed by atoms with E-state index in [1.165, 1.54) is 5.56 Å². The summed E-state index contributed by atoms with van der Waals surface area (Å²) in [5.41, 5.74) is 11.7. The van der Waals surface area contributed by atoms with E-state index in [0.29, 0.717) is 12.0 Å². The predicted molar refractivity (Wildman–Crippen MR) is 124 cm³/mol. The number of nitrogens with zero attached hydrogens (tertiary/aromatic N) is 3. The number of para-hydroxylation sites is 2. The summed E-state index contributed by atoms with van der Waals surface area (Å²) in [7, 11) is 0. The van der Waals surface area contributed by atoms with Crippen LogP contribution in [0.5, 0.6) is 0 Å². The molecule has 154 valence electrons. The van der Waals surface area contributed by atoms with Gasteiger partial charge in [0.05, 0.1) is 28.5 Å². The van der Waals surface area contributed by atoms with Gasteiger partial charge in [-0.15, -0.1) is 0 Å². The second kappa shape index (κ2) is 8.07. The molecule has 0 spiro atoms. The quantitative estimate of drug-likeness (QED) is 0.275. The maximum atomic E-state index is 7.81. The Kier molecular flexibility index (Phi) is 4.96. The number of nitrogen functional groups attached to an aromatic ring is 1. The van der Waals surface area contributed by atoms with Crippen LogP contribution in [0.3, 0.4) is 0 Å². The van der Waals surface area contributed by atoms with Gasteiger partial charge in [-0.05, 0) is 48.7 Å². The molecule has 2 aromatic heterocycles. The van der Waals surface area contributed by atoms with E-state index in [1.54, 1.807) is 0 Å². The van der Waals surface area contributed by atoms with Crippen molar-refractivity contribution in [1.82, 2.24) is 19.5 Å². The molecular weight excluding hydrogens is 384 g/mol. The van der Waals surface area contributed by atoms with Crippen LogP contribution in [0.15, 0.2) is 72.8 Å². The average molecular weight is 409 g/mol. The maximum absolute atomic E-state index is 7.81. The van der Waals surface area contributed by atoms with Crippen molar-refractivity contribution in [3.05, 3.63) is 95.6 Å². The minimum absolute atomic E-state index is 0.0674. The molecule has 0 amide bonds. The number of imidazole rings is 2. The van der Waals surface area contributed by atoms with Crippen molar-refractivity contribution >= 4 is 27.9 Å². The molecule has 31 heavy (non-hydrogen) atoms. The summed E-state index contributed by atoms with van der Waals surface area (Å²) in [6, 6.07) is 24.3. The number of H-pyrrole nitrogens is 1. The number of nitrogens with two attached hydrogens (primary N) is 1. The van der Waals surface area contributed by atoms with Gasteiger partial charge in [0.2, 0.25) is 0 Å². The molecule has 0 aliphatic carbocycles. The first-order valence-corrected chi connectivity index (χ1v) is 10.5. The molecule has 5 rings (SSSR count). The van der Waals surface area contributed by atoms with Crippen molar-refractivity contribution in [2.45, 2.75) is 25.8 Å². The second-order valence-corrected chi connectivity index (χ2v) is 7.76. The molecule has 0 fully saturated rings. The summed E-state index contributed by atoms with van der Waals surface area (Å²) >= 11 is 0. The SMILES string of the molecule is N=C(N)c1ccc2nc(Cc3nc4ccccc4[nH]3)n(CCCc3ccccc3)c2c1. The lowest BCUT2D eigenvalue weighted by molar-refractivity contribution is 0.629. The normalized spacial score (nSPS) is 11.4. The van der Waals surface area contributed by atoms with E-state index in [1.807, 2.05) is 48.5 Å². The standard InChI is InChI=1S/C25H24N6/c26-25(27)18-12-13-21-22(15-18)31(14-6-9-17-7-2-1-3-8-17)24(30-21)16-23-28-19-10-4-5-11-20(19)29-23/h1-5,7-8,10-13,15H,6,9,14,16H2,(H3,26,27)(H,28,29). The number of nitrogens with one attached hydrogen (secondary N) is 2. The summed E-state index contributed by atoms with van der Waals surface area (Å²) in [6.07, 6.45) is 2.61. The van der Waals surface area contributed by atoms with Crippen molar-refractivity contribution in [3.8, 4) is 0 Å². The Bertz CT molecular complexity index is 1330. The van der Waals surface area contributed by atoms with Crippen LogP contribution in [0.2, 0.25) is 0 Å². The third-order valence-corrected chi connectivity index (χ3v) is 5.59. The molecule has 0 saturated heterocycles. The first kappa shape index (κ1) is 19.1. The lowest BCUT2D eigenvalue weighted by atomic mass is 10.1. The van der Waals surface area contributed by atoms with Crippen molar-refractivity contribution in [2.75, 3.05) is 0 Å². The highest BCUT2D eigenvalue weighted by molar-refractivity contribution is 5.98. The van der Waals surface area contributed by atoms with Crippen LogP contribution in [0.1, 0.15) is 29.2 Å². The molecule has 0 saturated carbocycles. The monoisotopic (exact) mass is 408 g/mol. The number of fused-ring (bicyclic) bond motifs is 2. The molecular formula is C25H24N6. The summed E-state index contributed by atoms with van der Waals surface area (Å²) in [5, 5.41) is 7.81. The van der Waals surface area contributed by atoms with Crippen molar-refractivity contribution < 1.29 is 0 Å². The Hall–Kier alpha value is -3.93. The van der Waals surface area contributed by atoms with Crippen LogP contribution in [0, 0.1) is 5.41 Å². The lowest BCUT2D eigenvalue weighted by Gasteiger charge is -2.09. The molecule has 0 bridgehead atoms. The van der Waals surface area contributed by atoms with Crippen molar-refractivity contribution in [1.29, 1.82) is 5.41 Å². The summed E-state index contributed by atoms with van der Waals surface area (Å²) in [6.45, 7) is 0.836. The molecule has 0 radical (unpaired) electrons. The number of hydrogen-bond donors (Lipinski definition) is 3. The van der Waals surface area contributed by atoms with Crippen molar-refractivity contribution in [2.24, 2.45) is 5.73 Å². The zero-order valence-electron chi connectivity index (χ0n) is 17.2. The molecule has 6 nitrogen and oxygen atoms in total. The molecule has 6 heteroatoms. The first-order valence-electron chi connectivity index (χ1n) is 10.5. The smallest absolute Gasteiger partial charge is 0.122 e. The molecule has 5 aromatic rings. The minimum Gasteiger partial charge on any atom is -0.384 e. The predicted octanol–water partition coefficient (Wildman–Crippen LogP) is 4.42. The number of rotatable bonds is 7. The van der Waals surface area contributed by atoms with Gasteiger partial charge < -0.3 is 15.3 Å². The van der Waals surface area contributed by atoms with Gasteiger partial charge in [0, 0.05) is 12.1 Å². The molecule has 0 unspecified atom stereocenters. The van der Waals surface area contributed by atoms with Gasteiger partial charge in [-0.2, -0.15) is 0 Å². The van der Waals surface area contributed by atoms with Gasteiger partial charge in [0.15, 0.2) is 0 Å². The Labute approximate surface area is 180 Å². The Morgan fingerprint density at radius 2 is 1.74 bits per heavy atom. The largest absolute Gasteiger partial charge is 0.384 e. The fraction of sp³-hybridized carbons (Fsp3) is 0.160. The molecule has 4 N–H and O–H groups in total. The van der Waals surface area contributed by atoms with Gasteiger partial charge in [0.25, 0.3) is 0 Å². The van der Waals surface area contributed by atoms with E-state index in [-0.39, 0.29) is 5.84 Å². The molecule has 3 aromatic carbocycles. The number of amidine groups is 1. The number of hydrogen-bond acceptors (Lipinski definition) is 3. The summed E-state index contributed by atoms with van der Waals surface area (Å²) in [4.78, 5) is 13.0. The highest BCUT2D eigenvalue weighted by atomic mass is 15.1. The third-order valence-electron chi connectivity index (χ3n) is 5.59. The highest BCUT2D eigenvalue weighted by Gasteiger charge is 2.14. The fourth-order valence-corrected chi connectivity index (χ4v) is 4.05. The molecule has 0 aliphatic rings. The van der Waals surface area contributed by atoms with E-state index in [4.69, 9.17) is 21.1 Å². The van der Waals surface area contributed by atoms with Gasteiger partial charge in [0.1, 0.15) is 17.5 Å². The van der Waals surface area contributed by atoms with Gasteiger partial charge in [-0.25, -0.2) is 9.97 Å². The van der Waals surface area contributed by atoms with Crippen LogP contribution in [-0.4, -0.2) is 25.4 Å². The van der Waals surface area contributed by atoms with Gasteiger partial charge in [-0.3, -0.25) is 5.41 Å². The van der Waals surface area contributed by atoms with E-state index in [0.717, 1.165) is 53.1 Å². The topological polar surface area (TPSA) is 96.4 Å². The van der Waals surface area contributed by atoms with Crippen LogP contribution < -0.4 is 5.73 Å². The number of aromatic nitrogens is 4. The Balaban J connectivity index is 1.49. The third kappa shape index (κ3) is 3.92. The summed E-state index contributed by atoms with van der Waals surface area (Å²) < 4.78 is 2.25.